The number of nitrogens with zero attached hydrogens (tertiary/aromatic N) is 1. The molecular formula is C15H17NO. The van der Waals surface area contributed by atoms with Crippen molar-refractivity contribution < 1.29 is 4.79 Å². The number of hydrogen-bond acceptors (Lipinski definition) is 1. The van der Waals surface area contributed by atoms with Crippen molar-refractivity contribution in [3.8, 4) is 0 Å². The van der Waals surface area contributed by atoms with Gasteiger partial charge in [0, 0.05) is 5.69 Å². The molecule has 0 aromatic heterocycles. The summed E-state index contributed by atoms with van der Waals surface area (Å²) in [6, 6.07) is 9.85. The zero-order chi connectivity index (χ0) is 12.3. The van der Waals surface area contributed by atoms with Gasteiger partial charge in [0.2, 0.25) is 5.91 Å². The fraction of sp³-hybridized carbons (Fsp3) is 0.267. The van der Waals surface area contributed by atoms with E-state index in [0.717, 1.165) is 18.5 Å². The molecule has 0 radical (unpaired) electrons. The van der Waals surface area contributed by atoms with Gasteiger partial charge in [-0.25, -0.2) is 0 Å². The maximum Gasteiger partial charge on any atom is 0.234 e. The number of carbonyl (C=O) groups is 1. The van der Waals surface area contributed by atoms with Crippen LogP contribution in [0, 0.1) is 5.92 Å². The average molecular weight is 227 g/mol. The first kappa shape index (κ1) is 11.6. The van der Waals surface area contributed by atoms with Gasteiger partial charge in [0.05, 0.1) is 12.0 Å². The van der Waals surface area contributed by atoms with E-state index in [1.54, 1.807) is 6.08 Å². The SMILES string of the molecule is C=CC1CCC(C=C)N(c2ccccc2)C1=O. The van der Waals surface area contributed by atoms with Crippen LogP contribution in [0.3, 0.4) is 0 Å². The molecule has 2 atom stereocenters. The lowest BCUT2D eigenvalue weighted by molar-refractivity contribution is -0.122. The summed E-state index contributed by atoms with van der Waals surface area (Å²) in [6.45, 7) is 7.57. The monoisotopic (exact) mass is 227 g/mol. The fourth-order valence-corrected chi connectivity index (χ4v) is 2.29. The second kappa shape index (κ2) is 5.00. The molecule has 17 heavy (non-hydrogen) atoms. The molecule has 88 valence electrons. The molecule has 1 saturated heterocycles. The Hall–Kier alpha value is -1.83. The molecule has 0 spiro atoms. The molecule has 1 aliphatic rings. The van der Waals surface area contributed by atoms with Crippen LogP contribution in [0.15, 0.2) is 55.6 Å². The van der Waals surface area contributed by atoms with Crippen molar-refractivity contribution in [2.24, 2.45) is 5.92 Å². The standard InChI is InChI=1S/C15H17NO/c1-3-12-10-11-13(4-2)16(15(12)17)14-8-6-5-7-9-14/h3-9,12-13H,1-2,10-11H2. The van der Waals surface area contributed by atoms with Gasteiger partial charge in [0.1, 0.15) is 0 Å². The van der Waals surface area contributed by atoms with E-state index in [2.05, 4.69) is 13.2 Å². The molecule has 0 saturated carbocycles. The molecule has 1 heterocycles. The van der Waals surface area contributed by atoms with E-state index in [9.17, 15) is 4.79 Å². The number of piperidine rings is 1. The van der Waals surface area contributed by atoms with E-state index in [1.807, 2.05) is 41.3 Å². The molecule has 2 unspecified atom stereocenters. The van der Waals surface area contributed by atoms with Gasteiger partial charge in [-0.3, -0.25) is 4.79 Å². The van der Waals surface area contributed by atoms with Gasteiger partial charge in [-0.1, -0.05) is 30.4 Å². The van der Waals surface area contributed by atoms with E-state index in [1.165, 1.54) is 0 Å². The Kier molecular flexibility index (Phi) is 3.43. The molecule has 0 bridgehead atoms. The maximum absolute atomic E-state index is 12.3. The lowest BCUT2D eigenvalue weighted by Gasteiger charge is -2.37. The number of amides is 1. The highest BCUT2D eigenvalue weighted by Gasteiger charge is 2.32. The van der Waals surface area contributed by atoms with Crippen molar-refractivity contribution >= 4 is 11.6 Å². The molecule has 1 aromatic carbocycles. The zero-order valence-corrected chi connectivity index (χ0v) is 9.88. The summed E-state index contributed by atoms with van der Waals surface area (Å²) >= 11 is 0. The molecule has 0 N–H and O–H groups in total. The van der Waals surface area contributed by atoms with Crippen molar-refractivity contribution in [1.29, 1.82) is 0 Å². The average Bonchev–Trinajstić information content (AvgIpc) is 2.39. The van der Waals surface area contributed by atoms with Crippen molar-refractivity contribution in [1.82, 2.24) is 0 Å². The van der Waals surface area contributed by atoms with Crippen LogP contribution in [0.25, 0.3) is 0 Å². The molecule has 1 aliphatic heterocycles. The van der Waals surface area contributed by atoms with Crippen LogP contribution in [-0.2, 0) is 4.79 Å². The van der Waals surface area contributed by atoms with Gasteiger partial charge in [-0.2, -0.15) is 0 Å². The Morgan fingerprint density at radius 2 is 1.82 bits per heavy atom. The van der Waals surface area contributed by atoms with Crippen molar-refractivity contribution in [2.45, 2.75) is 18.9 Å². The van der Waals surface area contributed by atoms with E-state index < -0.39 is 0 Å². The molecule has 2 rings (SSSR count). The topological polar surface area (TPSA) is 20.3 Å². The summed E-state index contributed by atoms with van der Waals surface area (Å²) in [7, 11) is 0. The Labute approximate surface area is 102 Å². The third-order valence-electron chi connectivity index (χ3n) is 3.25. The minimum absolute atomic E-state index is 0.0635. The second-order valence-electron chi connectivity index (χ2n) is 4.27. The first-order valence-corrected chi connectivity index (χ1v) is 5.91. The Bertz CT molecular complexity index is 424. The Morgan fingerprint density at radius 1 is 1.12 bits per heavy atom. The van der Waals surface area contributed by atoms with Gasteiger partial charge in [-0.05, 0) is 25.0 Å². The van der Waals surface area contributed by atoms with Crippen LogP contribution in [-0.4, -0.2) is 11.9 Å². The normalized spacial score (nSPS) is 24.5. The van der Waals surface area contributed by atoms with Crippen LogP contribution >= 0.6 is 0 Å². The number of benzene rings is 1. The predicted molar refractivity (Wildman–Crippen MR) is 70.8 cm³/mol. The number of hydrogen-bond donors (Lipinski definition) is 0. The number of carbonyl (C=O) groups excluding carboxylic acids is 1. The van der Waals surface area contributed by atoms with Crippen LogP contribution in [0.2, 0.25) is 0 Å². The van der Waals surface area contributed by atoms with Crippen LogP contribution in [0.1, 0.15) is 12.8 Å². The molecule has 1 fully saturated rings. The summed E-state index contributed by atoms with van der Waals surface area (Å²) in [5.41, 5.74) is 0.939. The fourth-order valence-electron chi connectivity index (χ4n) is 2.29. The molecule has 1 amide bonds. The van der Waals surface area contributed by atoms with Gasteiger partial charge in [0.15, 0.2) is 0 Å². The lowest BCUT2D eigenvalue weighted by atomic mass is 9.91. The summed E-state index contributed by atoms with van der Waals surface area (Å²) in [5, 5.41) is 0. The second-order valence-corrected chi connectivity index (χ2v) is 4.27. The Morgan fingerprint density at radius 3 is 2.41 bits per heavy atom. The highest BCUT2D eigenvalue weighted by Crippen LogP contribution is 2.29. The molecule has 2 heteroatoms. The van der Waals surface area contributed by atoms with E-state index in [0.29, 0.717) is 0 Å². The first-order chi connectivity index (χ1) is 8.27. The lowest BCUT2D eigenvalue weighted by Crippen LogP contribution is -2.46. The smallest absolute Gasteiger partial charge is 0.234 e. The van der Waals surface area contributed by atoms with E-state index in [-0.39, 0.29) is 17.9 Å². The number of anilines is 1. The van der Waals surface area contributed by atoms with Crippen molar-refractivity contribution in [2.75, 3.05) is 4.90 Å². The quantitative estimate of drug-likeness (QED) is 0.726. The number of rotatable bonds is 3. The predicted octanol–water partition coefficient (Wildman–Crippen LogP) is 3.17. The maximum atomic E-state index is 12.3. The molecule has 2 nitrogen and oxygen atoms in total. The summed E-state index contributed by atoms with van der Waals surface area (Å²) < 4.78 is 0. The summed E-state index contributed by atoms with van der Waals surface area (Å²) in [5.74, 6) is 0.0637. The third-order valence-corrected chi connectivity index (χ3v) is 3.25. The highest BCUT2D eigenvalue weighted by atomic mass is 16.2. The van der Waals surface area contributed by atoms with Gasteiger partial charge in [-0.15, -0.1) is 13.2 Å². The van der Waals surface area contributed by atoms with Crippen molar-refractivity contribution in [3.05, 3.63) is 55.6 Å². The first-order valence-electron chi connectivity index (χ1n) is 5.91. The molecular weight excluding hydrogens is 210 g/mol. The minimum atomic E-state index is -0.0635. The van der Waals surface area contributed by atoms with Gasteiger partial charge < -0.3 is 4.90 Å². The largest absolute Gasteiger partial charge is 0.305 e. The summed E-state index contributed by atoms with van der Waals surface area (Å²) in [6.07, 6.45) is 5.41. The molecule has 0 aliphatic carbocycles. The van der Waals surface area contributed by atoms with Crippen LogP contribution in [0.5, 0.6) is 0 Å². The van der Waals surface area contributed by atoms with Crippen LogP contribution < -0.4 is 4.90 Å². The van der Waals surface area contributed by atoms with Crippen LogP contribution in [0.4, 0.5) is 5.69 Å². The van der Waals surface area contributed by atoms with E-state index in [4.69, 9.17) is 0 Å². The zero-order valence-electron chi connectivity index (χ0n) is 9.88. The van der Waals surface area contributed by atoms with Gasteiger partial charge >= 0.3 is 0 Å². The Balaban J connectivity index is 2.35. The highest BCUT2D eigenvalue weighted by molar-refractivity contribution is 5.97. The van der Waals surface area contributed by atoms with Crippen molar-refractivity contribution in [3.63, 3.8) is 0 Å². The van der Waals surface area contributed by atoms with Gasteiger partial charge in [0.25, 0.3) is 0 Å². The number of para-hydroxylation sites is 1. The minimum Gasteiger partial charge on any atom is -0.305 e. The summed E-state index contributed by atoms with van der Waals surface area (Å²) in [4.78, 5) is 14.2. The third kappa shape index (κ3) is 2.16. The van der Waals surface area contributed by atoms with E-state index >= 15 is 0 Å². The molecule has 1 aromatic rings.